The van der Waals surface area contributed by atoms with E-state index in [2.05, 4.69) is 10.6 Å². The first-order chi connectivity index (χ1) is 12.3. The molecule has 1 heterocycles. The molecule has 3 amide bonds. The van der Waals surface area contributed by atoms with Crippen LogP contribution in [0.5, 0.6) is 0 Å². The highest BCUT2D eigenvalue weighted by atomic mass is 16.3. The molecule has 1 aromatic carbocycles. The van der Waals surface area contributed by atoms with E-state index < -0.39 is 17.7 Å². The summed E-state index contributed by atoms with van der Waals surface area (Å²) in [5.41, 5.74) is -0.174. The summed E-state index contributed by atoms with van der Waals surface area (Å²) in [7, 11) is 0. The normalized spacial score (nSPS) is 28.7. The Labute approximate surface area is 155 Å². The summed E-state index contributed by atoms with van der Waals surface area (Å²) < 4.78 is 0. The van der Waals surface area contributed by atoms with E-state index in [9.17, 15) is 14.7 Å². The van der Waals surface area contributed by atoms with E-state index in [1.54, 1.807) is 11.8 Å². The Kier molecular flexibility index (Phi) is 5.23. The maximum absolute atomic E-state index is 12.8. The number of hydrogen-bond acceptors (Lipinski definition) is 3. The second-order valence-corrected chi connectivity index (χ2v) is 8.02. The third-order valence-corrected chi connectivity index (χ3v) is 5.24. The summed E-state index contributed by atoms with van der Waals surface area (Å²) in [4.78, 5) is 27.0. The average Bonchev–Trinajstić information content (AvgIpc) is 3.41. The number of nitrogens with one attached hydrogen (secondary N) is 2. The van der Waals surface area contributed by atoms with Crippen molar-refractivity contribution in [2.24, 2.45) is 5.92 Å². The lowest BCUT2D eigenvalue weighted by atomic mass is 9.79. The first-order valence-corrected chi connectivity index (χ1v) is 9.44. The fourth-order valence-corrected chi connectivity index (χ4v) is 3.59. The molecule has 6 nitrogen and oxygen atoms in total. The molecule has 3 N–H and O–H groups in total. The van der Waals surface area contributed by atoms with Gasteiger partial charge in [0.05, 0.1) is 17.7 Å². The van der Waals surface area contributed by atoms with Crippen LogP contribution in [0.15, 0.2) is 30.3 Å². The maximum atomic E-state index is 12.8. The monoisotopic (exact) mass is 359 g/mol. The van der Waals surface area contributed by atoms with E-state index in [0.29, 0.717) is 13.0 Å². The number of carbonyl (C=O) groups is 2. The van der Waals surface area contributed by atoms with Gasteiger partial charge in [-0.2, -0.15) is 0 Å². The smallest absolute Gasteiger partial charge is 0.318 e. The Balaban J connectivity index is 1.94. The second kappa shape index (κ2) is 7.27. The number of rotatable bonds is 4. The molecule has 0 aromatic heterocycles. The summed E-state index contributed by atoms with van der Waals surface area (Å²) in [5.74, 6) is 0.0180. The van der Waals surface area contributed by atoms with E-state index in [0.717, 1.165) is 18.4 Å². The molecule has 26 heavy (non-hydrogen) atoms. The molecule has 3 rings (SSSR count). The molecule has 0 spiro atoms. The van der Waals surface area contributed by atoms with Gasteiger partial charge in [-0.1, -0.05) is 30.3 Å². The predicted octanol–water partition coefficient (Wildman–Crippen LogP) is 2.20. The lowest BCUT2D eigenvalue weighted by Crippen LogP contribution is -2.64. The zero-order chi connectivity index (χ0) is 18.9. The van der Waals surface area contributed by atoms with Crippen LogP contribution in [0.3, 0.4) is 0 Å². The van der Waals surface area contributed by atoms with Crippen LogP contribution in [-0.4, -0.2) is 46.2 Å². The quantitative estimate of drug-likeness (QED) is 0.771. The maximum Gasteiger partial charge on any atom is 0.318 e. The predicted molar refractivity (Wildman–Crippen MR) is 99.5 cm³/mol. The van der Waals surface area contributed by atoms with Crippen molar-refractivity contribution >= 4 is 11.9 Å². The number of nitrogens with zero attached hydrogens (tertiary/aromatic N) is 1. The Hall–Kier alpha value is -2.08. The highest BCUT2D eigenvalue weighted by molar-refractivity contribution is 5.82. The molecule has 3 atom stereocenters. The highest BCUT2D eigenvalue weighted by Gasteiger charge is 2.48. The van der Waals surface area contributed by atoms with Gasteiger partial charge in [0.25, 0.3) is 0 Å². The van der Waals surface area contributed by atoms with E-state index >= 15 is 0 Å². The molecule has 142 valence electrons. The van der Waals surface area contributed by atoms with Crippen LogP contribution < -0.4 is 10.6 Å². The van der Waals surface area contributed by atoms with Crippen molar-refractivity contribution in [1.82, 2.24) is 15.5 Å². The van der Waals surface area contributed by atoms with E-state index in [-0.39, 0.29) is 23.9 Å². The largest absolute Gasteiger partial charge is 0.388 e. The highest BCUT2D eigenvalue weighted by Crippen LogP contribution is 2.38. The van der Waals surface area contributed by atoms with Gasteiger partial charge in [-0.25, -0.2) is 4.79 Å². The number of aliphatic hydroxyl groups is 1. The molecule has 3 unspecified atom stereocenters. The van der Waals surface area contributed by atoms with Crippen LogP contribution >= 0.6 is 0 Å². The molecule has 0 radical (unpaired) electrons. The fourth-order valence-electron chi connectivity index (χ4n) is 3.59. The van der Waals surface area contributed by atoms with Crippen LogP contribution in [0.25, 0.3) is 0 Å². The molecular formula is C20H29N3O3. The second-order valence-electron chi connectivity index (χ2n) is 8.02. The zero-order valence-corrected chi connectivity index (χ0v) is 15.7. The molecule has 1 saturated heterocycles. The lowest BCUT2D eigenvalue weighted by molar-refractivity contribution is -0.128. The third kappa shape index (κ3) is 4.01. The number of likely N-dealkylation sites (tertiary alicyclic amines) is 1. The Morgan fingerprint density at radius 2 is 1.88 bits per heavy atom. The van der Waals surface area contributed by atoms with Crippen molar-refractivity contribution in [1.29, 1.82) is 0 Å². The molecule has 1 aromatic rings. The summed E-state index contributed by atoms with van der Waals surface area (Å²) in [6.07, 6.45) is 2.21. The van der Waals surface area contributed by atoms with Crippen molar-refractivity contribution in [3.05, 3.63) is 35.9 Å². The van der Waals surface area contributed by atoms with Gasteiger partial charge >= 0.3 is 6.03 Å². The Morgan fingerprint density at radius 3 is 2.46 bits per heavy atom. The van der Waals surface area contributed by atoms with Crippen LogP contribution in [0.2, 0.25) is 0 Å². The van der Waals surface area contributed by atoms with Crippen molar-refractivity contribution < 1.29 is 14.7 Å². The molecule has 1 saturated carbocycles. The van der Waals surface area contributed by atoms with E-state index in [1.165, 1.54) is 0 Å². The summed E-state index contributed by atoms with van der Waals surface area (Å²) in [5, 5.41) is 17.0. The number of piperidine rings is 1. The standard InChI is InChI=1S/C20H29N3O3/c1-13(2)21-19(25)23-12-11-20(3,26)17(22-18(24)15-9-10-15)16(23)14-7-5-4-6-8-14/h4-8,13,15-17,26H,9-12H2,1-3H3,(H,21,25)(H,22,24). The summed E-state index contributed by atoms with van der Waals surface area (Å²) in [6, 6.07) is 8.51. The van der Waals surface area contributed by atoms with Crippen LogP contribution in [0, 0.1) is 5.92 Å². The molecule has 2 fully saturated rings. The van der Waals surface area contributed by atoms with Gasteiger partial charge in [0, 0.05) is 18.5 Å². The minimum Gasteiger partial charge on any atom is -0.388 e. The number of amides is 3. The first-order valence-electron chi connectivity index (χ1n) is 9.44. The molecule has 6 heteroatoms. The average molecular weight is 359 g/mol. The van der Waals surface area contributed by atoms with Gasteiger partial charge in [-0.3, -0.25) is 4.79 Å². The van der Waals surface area contributed by atoms with Gasteiger partial charge in [0.2, 0.25) is 5.91 Å². The minimum absolute atomic E-state index is 0.0147. The lowest BCUT2D eigenvalue weighted by Gasteiger charge is -2.49. The molecule has 1 aliphatic carbocycles. The van der Waals surface area contributed by atoms with Gasteiger partial charge in [-0.05, 0) is 45.6 Å². The topological polar surface area (TPSA) is 81.7 Å². The number of hydrogen-bond donors (Lipinski definition) is 3. The van der Waals surface area contributed by atoms with Crippen molar-refractivity contribution in [2.45, 2.75) is 63.8 Å². The molecule has 1 aliphatic heterocycles. The van der Waals surface area contributed by atoms with Crippen LogP contribution in [0.4, 0.5) is 4.79 Å². The summed E-state index contributed by atoms with van der Waals surface area (Å²) >= 11 is 0. The SMILES string of the molecule is CC(C)NC(=O)N1CCC(C)(O)C(NC(=O)C2CC2)C1c1ccccc1. The van der Waals surface area contributed by atoms with E-state index in [1.807, 2.05) is 44.2 Å². The molecule has 0 bridgehead atoms. The number of benzene rings is 1. The van der Waals surface area contributed by atoms with Gasteiger partial charge in [-0.15, -0.1) is 0 Å². The molecule has 2 aliphatic rings. The fraction of sp³-hybridized carbons (Fsp3) is 0.600. The van der Waals surface area contributed by atoms with Gasteiger partial charge < -0.3 is 20.6 Å². The Morgan fingerprint density at radius 1 is 1.23 bits per heavy atom. The number of carbonyl (C=O) groups excluding carboxylic acids is 2. The first kappa shape index (κ1) is 18.7. The molecular weight excluding hydrogens is 330 g/mol. The van der Waals surface area contributed by atoms with Gasteiger partial charge in [0.1, 0.15) is 0 Å². The van der Waals surface area contributed by atoms with Crippen LogP contribution in [-0.2, 0) is 4.79 Å². The Bertz CT molecular complexity index is 656. The van der Waals surface area contributed by atoms with E-state index in [4.69, 9.17) is 0 Å². The van der Waals surface area contributed by atoms with Crippen LogP contribution in [0.1, 0.15) is 51.6 Å². The van der Waals surface area contributed by atoms with Gasteiger partial charge in [0.15, 0.2) is 0 Å². The number of urea groups is 1. The minimum atomic E-state index is -1.08. The van der Waals surface area contributed by atoms with Crippen molar-refractivity contribution in [2.75, 3.05) is 6.54 Å². The van der Waals surface area contributed by atoms with Crippen molar-refractivity contribution in [3.8, 4) is 0 Å². The third-order valence-electron chi connectivity index (χ3n) is 5.24. The zero-order valence-electron chi connectivity index (χ0n) is 15.7. The summed E-state index contributed by atoms with van der Waals surface area (Å²) in [6.45, 7) is 6.02. The van der Waals surface area contributed by atoms with Crippen molar-refractivity contribution in [3.63, 3.8) is 0 Å².